The molecular weight excluding hydrogens is 404 g/mol. The summed E-state index contributed by atoms with van der Waals surface area (Å²) in [5, 5.41) is 5.96. The molecule has 7 heteroatoms. The molecule has 4 rings (SSSR count). The van der Waals surface area contributed by atoms with Gasteiger partial charge in [0.05, 0.1) is 12.6 Å². The summed E-state index contributed by atoms with van der Waals surface area (Å²) in [6, 6.07) is 13.0. The number of ether oxygens (including phenoxy) is 1. The highest BCUT2D eigenvalue weighted by atomic mass is 16.5. The third-order valence-electron chi connectivity index (χ3n) is 6.00. The summed E-state index contributed by atoms with van der Waals surface area (Å²) in [7, 11) is 0. The Morgan fingerprint density at radius 1 is 1.12 bits per heavy atom. The fraction of sp³-hybridized carbons (Fsp3) is 0.480. The number of rotatable bonds is 9. The Balaban J connectivity index is 1.31. The topological polar surface area (TPSA) is 83.6 Å². The number of hydrogen-bond acceptors (Lipinski definition) is 4. The van der Waals surface area contributed by atoms with E-state index in [-0.39, 0.29) is 18.0 Å². The van der Waals surface area contributed by atoms with Gasteiger partial charge in [0.25, 0.3) is 0 Å². The molecular formula is C25H32N4O3. The monoisotopic (exact) mass is 436 g/mol. The standard InChI is InChI=1S/C25H32N4O3/c30-24-9-5-2-6-14-29(24)17-22(21-7-3-1-4-8-21)28-25(31)27-16-20-12-13-23(26-15-20)32-18-19-10-11-19/h1,3-4,7-8,12-13,15,19,22H,2,5-6,9-11,14,16-18H2,(H2,27,28,31). The Hall–Kier alpha value is -3.09. The van der Waals surface area contributed by atoms with E-state index in [9.17, 15) is 9.59 Å². The van der Waals surface area contributed by atoms with Crippen LogP contribution in [0, 0.1) is 5.92 Å². The first kappa shape index (κ1) is 22.1. The number of aromatic nitrogens is 1. The summed E-state index contributed by atoms with van der Waals surface area (Å²) in [5.41, 5.74) is 1.89. The molecule has 1 atom stereocenters. The lowest BCUT2D eigenvalue weighted by Crippen LogP contribution is -2.44. The first-order chi connectivity index (χ1) is 15.7. The van der Waals surface area contributed by atoms with Gasteiger partial charge in [-0.3, -0.25) is 4.79 Å². The molecule has 0 spiro atoms. The molecule has 1 unspecified atom stereocenters. The molecule has 1 aliphatic carbocycles. The zero-order valence-corrected chi connectivity index (χ0v) is 18.5. The zero-order valence-electron chi connectivity index (χ0n) is 18.5. The number of hydrogen-bond donors (Lipinski definition) is 2. The van der Waals surface area contributed by atoms with Crippen molar-refractivity contribution in [3.8, 4) is 5.88 Å². The average Bonchev–Trinajstić information content (AvgIpc) is 3.66. The first-order valence-corrected chi connectivity index (χ1v) is 11.6. The van der Waals surface area contributed by atoms with Crippen LogP contribution in [0.3, 0.4) is 0 Å². The van der Waals surface area contributed by atoms with Gasteiger partial charge in [0.15, 0.2) is 0 Å². The Kier molecular flexibility index (Phi) is 7.59. The molecule has 1 saturated carbocycles. The van der Waals surface area contributed by atoms with Crippen LogP contribution >= 0.6 is 0 Å². The van der Waals surface area contributed by atoms with Crippen molar-refractivity contribution in [2.24, 2.45) is 5.92 Å². The number of carbonyl (C=O) groups is 2. The fourth-order valence-corrected chi connectivity index (χ4v) is 3.85. The van der Waals surface area contributed by atoms with E-state index in [0.29, 0.717) is 31.3 Å². The number of nitrogens with one attached hydrogen (secondary N) is 2. The lowest BCUT2D eigenvalue weighted by atomic mass is 10.1. The number of amides is 3. The lowest BCUT2D eigenvalue weighted by molar-refractivity contribution is -0.131. The number of likely N-dealkylation sites (tertiary alicyclic amines) is 1. The number of nitrogens with zero attached hydrogens (tertiary/aromatic N) is 2. The summed E-state index contributed by atoms with van der Waals surface area (Å²) in [6.07, 6.45) is 7.82. The van der Waals surface area contributed by atoms with E-state index in [1.54, 1.807) is 6.20 Å². The van der Waals surface area contributed by atoms with Crippen LogP contribution < -0.4 is 15.4 Å². The number of carbonyl (C=O) groups excluding carboxylic acids is 2. The predicted molar refractivity (Wildman–Crippen MR) is 122 cm³/mol. The van der Waals surface area contributed by atoms with Gasteiger partial charge in [0.2, 0.25) is 11.8 Å². The minimum atomic E-state index is -0.269. The molecule has 1 aromatic heterocycles. The normalized spacial score (nSPS) is 17.4. The van der Waals surface area contributed by atoms with Gasteiger partial charge < -0.3 is 20.3 Å². The zero-order chi connectivity index (χ0) is 22.2. The highest BCUT2D eigenvalue weighted by Crippen LogP contribution is 2.29. The predicted octanol–water partition coefficient (Wildman–Crippen LogP) is 3.81. The SMILES string of the molecule is O=C(NCc1ccc(OCC2CC2)nc1)NC(CN1CCCCCC1=O)c1ccccc1. The molecule has 2 N–H and O–H groups in total. The molecule has 0 radical (unpaired) electrons. The Morgan fingerprint density at radius 3 is 2.72 bits per heavy atom. The van der Waals surface area contributed by atoms with E-state index in [2.05, 4.69) is 15.6 Å². The van der Waals surface area contributed by atoms with Crippen LogP contribution in [0.25, 0.3) is 0 Å². The van der Waals surface area contributed by atoms with Crippen LogP contribution in [-0.4, -0.2) is 41.5 Å². The minimum absolute atomic E-state index is 0.167. The van der Waals surface area contributed by atoms with Crippen molar-refractivity contribution in [2.75, 3.05) is 19.7 Å². The average molecular weight is 437 g/mol. The highest BCUT2D eigenvalue weighted by molar-refractivity contribution is 5.77. The molecule has 1 aromatic carbocycles. The molecule has 2 aromatic rings. The van der Waals surface area contributed by atoms with Crippen molar-refractivity contribution >= 4 is 11.9 Å². The van der Waals surface area contributed by atoms with Crippen LogP contribution in [-0.2, 0) is 11.3 Å². The molecule has 1 aliphatic heterocycles. The van der Waals surface area contributed by atoms with E-state index in [1.165, 1.54) is 12.8 Å². The summed E-state index contributed by atoms with van der Waals surface area (Å²) >= 11 is 0. The smallest absolute Gasteiger partial charge is 0.315 e. The molecule has 7 nitrogen and oxygen atoms in total. The van der Waals surface area contributed by atoms with E-state index >= 15 is 0 Å². The van der Waals surface area contributed by atoms with E-state index in [1.807, 2.05) is 47.4 Å². The van der Waals surface area contributed by atoms with Crippen LogP contribution in [0.15, 0.2) is 48.7 Å². The molecule has 170 valence electrons. The van der Waals surface area contributed by atoms with Crippen molar-refractivity contribution < 1.29 is 14.3 Å². The van der Waals surface area contributed by atoms with E-state index in [0.717, 1.165) is 43.5 Å². The largest absolute Gasteiger partial charge is 0.477 e. The van der Waals surface area contributed by atoms with Gasteiger partial charge in [-0.2, -0.15) is 0 Å². The van der Waals surface area contributed by atoms with Crippen molar-refractivity contribution in [3.63, 3.8) is 0 Å². The third-order valence-corrected chi connectivity index (χ3v) is 6.00. The van der Waals surface area contributed by atoms with Gasteiger partial charge in [-0.25, -0.2) is 9.78 Å². The van der Waals surface area contributed by atoms with Crippen LogP contribution in [0.4, 0.5) is 4.79 Å². The van der Waals surface area contributed by atoms with Crippen molar-refractivity contribution in [3.05, 3.63) is 59.8 Å². The Bertz CT molecular complexity index is 884. The maximum atomic E-state index is 12.7. The quantitative estimate of drug-likeness (QED) is 0.626. The number of urea groups is 1. The molecule has 3 amide bonds. The molecule has 0 bridgehead atoms. The van der Waals surface area contributed by atoms with E-state index in [4.69, 9.17) is 4.74 Å². The van der Waals surface area contributed by atoms with E-state index < -0.39 is 0 Å². The summed E-state index contributed by atoms with van der Waals surface area (Å²) < 4.78 is 5.66. The Morgan fingerprint density at radius 2 is 1.97 bits per heavy atom. The lowest BCUT2D eigenvalue weighted by Gasteiger charge is -2.27. The van der Waals surface area contributed by atoms with Gasteiger partial charge in [-0.05, 0) is 42.7 Å². The first-order valence-electron chi connectivity index (χ1n) is 11.6. The minimum Gasteiger partial charge on any atom is -0.477 e. The maximum absolute atomic E-state index is 12.7. The van der Waals surface area contributed by atoms with Crippen molar-refractivity contribution in [2.45, 2.75) is 51.1 Å². The maximum Gasteiger partial charge on any atom is 0.315 e. The van der Waals surface area contributed by atoms with Crippen molar-refractivity contribution in [1.82, 2.24) is 20.5 Å². The summed E-state index contributed by atoms with van der Waals surface area (Å²) in [5.74, 6) is 1.47. The molecule has 32 heavy (non-hydrogen) atoms. The van der Waals surface area contributed by atoms with Crippen LogP contribution in [0.1, 0.15) is 55.7 Å². The Labute approximate surface area is 189 Å². The molecule has 2 fully saturated rings. The number of pyridine rings is 1. The summed E-state index contributed by atoms with van der Waals surface area (Å²) in [4.78, 5) is 31.4. The second-order valence-electron chi connectivity index (χ2n) is 8.70. The second-order valence-corrected chi connectivity index (χ2v) is 8.70. The van der Waals surface area contributed by atoms with Gasteiger partial charge in [0, 0.05) is 38.3 Å². The van der Waals surface area contributed by atoms with Gasteiger partial charge in [0.1, 0.15) is 0 Å². The number of benzene rings is 1. The van der Waals surface area contributed by atoms with Crippen LogP contribution in [0.5, 0.6) is 5.88 Å². The van der Waals surface area contributed by atoms with Gasteiger partial charge >= 0.3 is 6.03 Å². The molecule has 2 heterocycles. The van der Waals surface area contributed by atoms with Crippen LogP contribution in [0.2, 0.25) is 0 Å². The third kappa shape index (κ3) is 6.70. The molecule has 1 saturated heterocycles. The van der Waals surface area contributed by atoms with Gasteiger partial charge in [-0.15, -0.1) is 0 Å². The van der Waals surface area contributed by atoms with Gasteiger partial charge in [-0.1, -0.05) is 42.8 Å². The second kappa shape index (κ2) is 11.0. The van der Waals surface area contributed by atoms with Crippen molar-refractivity contribution in [1.29, 1.82) is 0 Å². The summed E-state index contributed by atoms with van der Waals surface area (Å²) in [6.45, 7) is 2.32. The molecule has 2 aliphatic rings. The fourth-order valence-electron chi connectivity index (χ4n) is 3.85. The highest BCUT2D eigenvalue weighted by Gasteiger charge is 2.23.